The number of hydrogen-bond donors (Lipinski definition) is 1. The van der Waals surface area contributed by atoms with Crippen LogP contribution in [0.4, 0.5) is 0 Å². The number of aryl methyl sites for hydroxylation is 1. The Kier molecular flexibility index (Phi) is 4.02. The summed E-state index contributed by atoms with van der Waals surface area (Å²) in [5.74, 6) is 2.10. The number of nitrogens with one attached hydrogen (secondary N) is 1. The van der Waals surface area contributed by atoms with Gasteiger partial charge in [0.15, 0.2) is 0 Å². The van der Waals surface area contributed by atoms with Gasteiger partial charge in [0.2, 0.25) is 0 Å². The molecule has 16 heavy (non-hydrogen) atoms. The maximum atomic E-state index is 5.62. The average Bonchev–Trinajstić information content (AvgIpc) is 2.65. The Morgan fingerprint density at radius 3 is 3.06 bits per heavy atom. The number of rotatable bonds is 4. The fourth-order valence-corrected chi connectivity index (χ4v) is 2.37. The fraction of sp³-hybridized carbons (Fsp3) is 0.692. The zero-order valence-corrected chi connectivity index (χ0v) is 10.3. The van der Waals surface area contributed by atoms with Crippen molar-refractivity contribution in [3.05, 3.63) is 23.7 Å². The van der Waals surface area contributed by atoms with Crippen molar-refractivity contribution in [2.75, 3.05) is 19.6 Å². The maximum Gasteiger partial charge on any atom is 0.118 e. The Morgan fingerprint density at radius 2 is 2.38 bits per heavy atom. The quantitative estimate of drug-likeness (QED) is 0.846. The van der Waals surface area contributed by atoms with Gasteiger partial charge in [-0.25, -0.2) is 0 Å². The van der Waals surface area contributed by atoms with E-state index in [1.165, 1.54) is 12.8 Å². The largest absolute Gasteiger partial charge is 0.465 e. The van der Waals surface area contributed by atoms with Crippen molar-refractivity contribution in [1.29, 1.82) is 0 Å². The summed E-state index contributed by atoms with van der Waals surface area (Å²) < 4.78 is 5.62. The lowest BCUT2D eigenvalue weighted by Gasteiger charge is -2.33. The molecule has 1 fully saturated rings. The van der Waals surface area contributed by atoms with Crippen LogP contribution in [0.2, 0.25) is 0 Å². The molecule has 1 aliphatic rings. The van der Waals surface area contributed by atoms with Crippen LogP contribution >= 0.6 is 0 Å². The Morgan fingerprint density at radius 1 is 1.50 bits per heavy atom. The molecule has 0 aromatic carbocycles. The zero-order chi connectivity index (χ0) is 11.4. The van der Waals surface area contributed by atoms with Crippen LogP contribution in [0.3, 0.4) is 0 Å². The van der Waals surface area contributed by atoms with E-state index in [0.29, 0.717) is 6.04 Å². The second kappa shape index (κ2) is 5.51. The molecule has 1 saturated heterocycles. The molecule has 1 aromatic heterocycles. The molecule has 2 rings (SSSR count). The molecule has 0 spiro atoms. The van der Waals surface area contributed by atoms with Gasteiger partial charge in [0.25, 0.3) is 0 Å². The van der Waals surface area contributed by atoms with Gasteiger partial charge in [0.1, 0.15) is 11.5 Å². The first-order chi connectivity index (χ1) is 7.78. The van der Waals surface area contributed by atoms with Crippen LogP contribution in [-0.4, -0.2) is 30.6 Å². The second-order valence-electron chi connectivity index (χ2n) is 4.69. The lowest BCUT2D eigenvalue weighted by molar-refractivity contribution is 0.174. The SMILES string of the molecule is CCCC1CN(Cc2ccc(C)o2)CCN1. The monoisotopic (exact) mass is 222 g/mol. The Labute approximate surface area is 97.8 Å². The van der Waals surface area contributed by atoms with Crippen molar-refractivity contribution in [3.63, 3.8) is 0 Å². The zero-order valence-electron chi connectivity index (χ0n) is 10.3. The molecule has 0 radical (unpaired) electrons. The van der Waals surface area contributed by atoms with Gasteiger partial charge in [0.05, 0.1) is 6.54 Å². The van der Waals surface area contributed by atoms with E-state index >= 15 is 0 Å². The molecular weight excluding hydrogens is 200 g/mol. The summed E-state index contributed by atoms with van der Waals surface area (Å²) in [6.07, 6.45) is 2.53. The minimum Gasteiger partial charge on any atom is -0.465 e. The Bertz CT molecular complexity index is 319. The summed E-state index contributed by atoms with van der Waals surface area (Å²) >= 11 is 0. The summed E-state index contributed by atoms with van der Waals surface area (Å²) in [6, 6.07) is 4.79. The van der Waals surface area contributed by atoms with Crippen LogP contribution in [0.15, 0.2) is 16.5 Å². The molecule has 3 heteroatoms. The van der Waals surface area contributed by atoms with Crippen molar-refractivity contribution in [2.45, 2.75) is 39.3 Å². The third-order valence-electron chi connectivity index (χ3n) is 3.15. The molecular formula is C13H22N2O. The third-order valence-corrected chi connectivity index (χ3v) is 3.15. The van der Waals surface area contributed by atoms with E-state index in [9.17, 15) is 0 Å². The molecule has 0 bridgehead atoms. The van der Waals surface area contributed by atoms with E-state index < -0.39 is 0 Å². The van der Waals surface area contributed by atoms with Crippen LogP contribution in [0, 0.1) is 6.92 Å². The van der Waals surface area contributed by atoms with E-state index in [1.807, 2.05) is 13.0 Å². The summed E-state index contributed by atoms with van der Waals surface area (Å²) in [6.45, 7) is 8.57. The second-order valence-corrected chi connectivity index (χ2v) is 4.69. The van der Waals surface area contributed by atoms with Crippen molar-refractivity contribution in [2.24, 2.45) is 0 Å². The molecule has 1 unspecified atom stereocenters. The molecule has 3 nitrogen and oxygen atoms in total. The highest BCUT2D eigenvalue weighted by Gasteiger charge is 2.19. The lowest BCUT2D eigenvalue weighted by Crippen LogP contribution is -2.50. The normalized spacial score (nSPS) is 22.5. The molecule has 1 aliphatic heterocycles. The van der Waals surface area contributed by atoms with Crippen LogP contribution < -0.4 is 5.32 Å². The number of hydrogen-bond acceptors (Lipinski definition) is 3. The van der Waals surface area contributed by atoms with Gasteiger partial charge >= 0.3 is 0 Å². The van der Waals surface area contributed by atoms with Gasteiger partial charge in [-0.1, -0.05) is 13.3 Å². The topological polar surface area (TPSA) is 28.4 Å². The van der Waals surface area contributed by atoms with Crippen molar-refractivity contribution >= 4 is 0 Å². The average molecular weight is 222 g/mol. The van der Waals surface area contributed by atoms with Crippen molar-refractivity contribution < 1.29 is 4.42 Å². The minimum absolute atomic E-state index is 0.662. The lowest BCUT2D eigenvalue weighted by atomic mass is 10.1. The molecule has 1 atom stereocenters. The molecule has 1 aromatic rings. The molecule has 90 valence electrons. The summed E-state index contributed by atoms with van der Waals surface area (Å²) in [4.78, 5) is 2.48. The first-order valence-corrected chi connectivity index (χ1v) is 6.29. The van der Waals surface area contributed by atoms with Gasteiger partial charge in [-0.15, -0.1) is 0 Å². The summed E-state index contributed by atoms with van der Waals surface area (Å²) in [7, 11) is 0. The van der Waals surface area contributed by atoms with E-state index in [0.717, 1.165) is 37.7 Å². The van der Waals surface area contributed by atoms with Crippen molar-refractivity contribution in [3.8, 4) is 0 Å². The van der Waals surface area contributed by atoms with Gasteiger partial charge in [-0.05, 0) is 25.5 Å². The first-order valence-electron chi connectivity index (χ1n) is 6.29. The predicted octanol–water partition coefficient (Wildman–Crippen LogP) is 2.16. The maximum absolute atomic E-state index is 5.62. The highest BCUT2D eigenvalue weighted by molar-refractivity contribution is 5.05. The molecule has 1 N–H and O–H groups in total. The van der Waals surface area contributed by atoms with Gasteiger partial charge in [0, 0.05) is 25.7 Å². The fourth-order valence-electron chi connectivity index (χ4n) is 2.37. The smallest absolute Gasteiger partial charge is 0.118 e. The van der Waals surface area contributed by atoms with Crippen LogP contribution in [0.1, 0.15) is 31.3 Å². The van der Waals surface area contributed by atoms with E-state index in [1.54, 1.807) is 0 Å². The summed E-state index contributed by atoms with van der Waals surface area (Å²) in [5.41, 5.74) is 0. The molecule has 0 amide bonds. The first kappa shape index (κ1) is 11.7. The van der Waals surface area contributed by atoms with Crippen LogP contribution in [0.25, 0.3) is 0 Å². The van der Waals surface area contributed by atoms with Crippen molar-refractivity contribution in [1.82, 2.24) is 10.2 Å². The molecule has 0 aliphatic carbocycles. The molecule has 2 heterocycles. The van der Waals surface area contributed by atoms with Gasteiger partial charge in [-0.2, -0.15) is 0 Å². The predicted molar refractivity (Wildman–Crippen MR) is 65.4 cm³/mol. The van der Waals surface area contributed by atoms with Gasteiger partial charge in [-0.3, -0.25) is 4.90 Å². The summed E-state index contributed by atoms with van der Waals surface area (Å²) in [5, 5.41) is 3.57. The highest BCUT2D eigenvalue weighted by atomic mass is 16.3. The van der Waals surface area contributed by atoms with Crippen LogP contribution in [-0.2, 0) is 6.54 Å². The van der Waals surface area contributed by atoms with Gasteiger partial charge < -0.3 is 9.73 Å². The number of piperazine rings is 1. The molecule has 0 saturated carbocycles. The Balaban J connectivity index is 1.85. The highest BCUT2D eigenvalue weighted by Crippen LogP contribution is 2.12. The van der Waals surface area contributed by atoms with E-state index in [2.05, 4.69) is 23.2 Å². The third kappa shape index (κ3) is 3.09. The minimum atomic E-state index is 0.662. The number of furan rings is 1. The Hall–Kier alpha value is -0.800. The van der Waals surface area contributed by atoms with E-state index in [4.69, 9.17) is 4.42 Å². The van der Waals surface area contributed by atoms with Crippen LogP contribution in [0.5, 0.6) is 0 Å². The van der Waals surface area contributed by atoms with E-state index in [-0.39, 0.29) is 0 Å². The standard InChI is InChI=1S/C13H22N2O/c1-3-4-12-9-15(8-7-14-12)10-13-6-5-11(2)16-13/h5-6,12,14H,3-4,7-10H2,1-2H3. The number of nitrogens with zero attached hydrogens (tertiary/aromatic N) is 1.